The molecular weight excluding hydrogens is 564 g/mol. The Bertz CT molecular complexity index is 1740. The van der Waals surface area contributed by atoms with Crippen molar-refractivity contribution in [3.8, 4) is 22.3 Å². The van der Waals surface area contributed by atoms with Gasteiger partial charge in [-0.25, -0.2) is 27.2 Å². The number of carbonyl (C=O) groups excluding carboxylic acids is 2. The predicted octanol–water partition coefficient (Wildman–Crippen LogP) is 7.59. The monoisotopic (exact) mass is 592 g/mol. The maximum Gasteiger partial charge on any atom is 0.407 e. The van der Waals surface area contributed by atoms with Crippen LogP contribution in [0.1, 0.15) is 33.6 Å². The van der Waals surface area contributed by atoms with Gasteiger partial charge in [-0.2, -0.15) is 4.99 Å². The van der Waals surface area contributed by atoms with Crippen molar-refractivity contribution in [2.75, 3.05) is 18.0 Å². The summed E-state index contributed by atoms with van der Waals surface area (Å²) in [6.45, 7) is 6.26. The summed E-state index contributed by atoms with van der Waals surface area (Å²) < 4.78 is 62.9. The lowest BCUT2D eigenvalue weighted by Gasteiger charge is -2.36. The molecule has 0 radical (unpaired) electrons. The quantitative estimate of drug-likeness (QED) is 0.147. The fourth-order valence-corrected chi connectivity index (χ4v) is 5.27. The van der Waals surface area contributed by atoms with Gasteiger partial charge in [0.15, 0.2) is 5.82 Å². The molecule has 11 heteroatoms. The van der Waals surface area contributed by atoms with Gasteiger partial charge < -0.3 is 15.0 Å². The number of nitrogens with one attached hydrogen (secondary N) is 1. The molecule has 2 heterocycles. The molecule has 0 aliphatic carbocycles. The van der Waals surface area contributed by atoms with Crippen LogP contribution >= 0.6 is 0 Å². The summed E-state index contributed by atoms with van der Waals surface area (Å²) in [5.41, 5.74) is 1.17. The van der Waals surface area contributed by atoms with E-state index in [-0.39, 0.29) is 22.9 Å². The van der Waals surface area contributed by atoms with Gasteiger partial charge in [0.1, 0.15) is 28.7 Å². The lowest BCUT2D eigenvalue weighted by Crippen LogP contribution is -2.46. The first-order valence-electron chi connectivity index (χ1n) is 13.6. The number of aromatic nitrogens is 1. The number of ether oxygens (including phenoxy) is 1. The fourth-order valence-electron chi connectivity index (χ4n) is 5.27. The van der Waals surface area contributed by atoms with E-state index in [0.717, 1.165) is 12.1 Å². The van der Waals surface area contributed by atoms with Crippen LogP contribution in [0.15, 0.2) is 59.7 Å². The van der Waals surface area contributed by atoms with E-state index in [2.05, 4.69) is 15.3 Å². The highest BCUT2D eigenvalue weighted by Gasteiger charge is 2.27. The minimum Gasteiger partial charge on any atom is -0.444 e. The highest BCUT2D eigenvalue weighted by atomic mass is 19.1. The summed E-state index contributed by atoms with van der Waals surface area (Å²) in [6.07, 6.45) is 3.42. The molecule has 5 rings (SSSR count). The molecule has 1 N–H and O–H groups in total. The Morgan fingerprint density at radius 2 is 1.63 bits per heavy atom. The van der Waals surface area contributed by atoms with Crippen LogP contribution in [-0.4, -0.2) is 41.9 Å². The summed E-state index contributed by atoms with van der Waals surface area (Å²) in [5, 5.41) is 3.44. The highest BCUT2D eigenvalue weighted by Crippen LogP contribution is 2.41. The summed E-state index contributed by atoms with van der Waals surface area (Å²) >= 11 is 0. The smallest absolute Gasteiger partial charge is 0.407 e. The number of hydrogen-bond acceptors (Lipinski definition) is 6. The molecular formula is C32H28F4N4O3. The number of fused-ring (bicyclic) bond motifs is 1. The second-order valence-corrected chi connectivity index (χ2v) is 11.3. The summed E-state index contributed by atoms with van der Waals surface area (Å²) in [4.78, 5) is 33.3. The topological polar surface area (TPSA) is 83.9 Å². The summed E-state index contributed by atoms with van der Waals surface area (Å²) in [6, 6.07) is 9.60. The largest absolute Gasteiger partial charge is 0.444 e. The van der Waals surface area contributed by atoms with Crippen LogP contribution in [0.2, 0.25) is 0 Å². The van der Waals surface area contributed by atoms with Gasteiger partial charge in [0, 0.05) is 54.0 Å². The van der Waals surface area contributed by atoms with E-state index in [1.54, 1.807) is 39.0 Å². The number of rotatable bonds is 5. The van der Waals surface area contributed by atoms with Crippen LogP contribution in [0, 0.1) is 23.3 Å². The molecule has 3 aromatic carbocycles. The highest BCUT2D eigenvalue weighted by molar-refractivity contribution is 6.02. The number of amides is 1. The van der Waals surface area contributed by atoms with Gasteiger partial charge in [0.25, 0.3) is 0 Å². The van der Waals surface area contributed by atoms with E-state index < -0.39 is 35.0 Å². The third-order valence-electron chi connectivity index (χ3n) is 7.04. The Labute approximate surface area is 245 Å². The number of benzene rings is 3. The average Bonchev–Trinajstić information content (AvgIpc) is 2.92. The minimum atomic E-state index is -1.03. The molecule has 0 bridgehead atoms. The molecule has 1 saturated heterocycles. The van der Waals surface area contributed by atoms with Gasteiger partial charge in [-0.15, -0.1) is 0 Å². The summed E-state index contributed by atoms with van der Waals surface area (Å²) in [7, 11) is 0. The number of hydrogen-bond donors (Lipinski definition) is 1. The average molecular weight is 593 g/mol. The first-order chi connectivity index (χ1) is 20.4. The Morgan fingerprint density at radius 1 is 0.953 bits per heavy atom. The first-order valence-corrected chi connectivity index (χ1v) is 13.6. The van der Waals surface area contributed by atoms with Crippen molar-refractivity contribution in [2.45, 2.75) is 45.3 Å². The number of carbonyl (C=O) groups is 1. The normalized spacial score (nSPS) is 14.0. The second-order valence-electron chi connectivity index (χ2n) is 11.3. The van der Waals surface area contributed by atoms with Gasteiger partial charge in [-0.05, 0) is 75.1 Å². The molecule has 0 saturated carbocycles. The van der Waals surface area contributed by atoms with Gasteiger partial charge in [0.2, 0.25) is 6.08 Å². The van der Waals surface area contributed by atoms with Crippen molar-refractivity contribution in [1.29, 1.82) is 0 Å². The first kappa shape index (κ1) is 29.7. The molecule has 0 unspecified atom stereocenters. The van der Waals surface area contributed by atoms with Gasteiger partial charge in [-0.1, -0.05) is 6.07 Å². The van der Waals surface area contributed by atoms with Crippen molar-refractivity contribution < 1.29 is 31.9 Å². The number of anilines is 1. The number of nitrogens with zero attached hydrogens (tertiary/aromatic N) is 3. The molecule has 222 valence electrons. The minimum absolute atomic E-state index is 0.0242. The zero-order chi connectivity index (χ0) is 30.9. The van der Waals surface area contributed by atoms with Gasteiger partial charge in [-0.3, -0.25) is 4.98 Å². The maximum absolute atomic E-state index is 14.6. The molecule has 7 nitrogen and oxygen atoms in total. The predicted molar refractivity (Wildman–Crippen MR) is 155 cm³/mol. The number of aliphatic imine (C=N–C) groups is 1. The Morgan fingerprint density at radius 3 is 2.28 bits per heavy atom. The number of alkyl carbamates (subject to hydrolysis) is 1. The van der Waals surface area contributed by atoms with E-state index in [1.807, 2.05) is 4.90 Å². The fraction of sp³-hybridized carbons (Fsp3) is 0.281. The van der Waals surface area contributed by atoms with E-state index >= 15 is 0 Å². The van der Waals surface area contributed by atoms with Crippen molar-refractivity contribution in [3.05, 3.63) is 78.0 Å². The number of isocyanates is 1. The molecule has 1 aliphatic heterocycles. The van der Waals surface area contributed by atoms with Crippen molar-refractivity contribution >= 4 is 34.5 Å². The molecule has 1 amide bonds. The zero-order valence-corrected chi connectivity index (χ0v) is 23.7. The van der Waals surface area contributed by atoms with E-state index in [0.29, 0.717) is 59.7 Å². The maximum atomic E-state index is 14.6. The van der Waals surface area contributed by atoms with Crippen molar-refractivity contribution in [2.24, 2.45) is 4.99 Å². The number of halogens is 4. The molecule has 43 heavy (non-hydrogen) atoms. The SMILES string of the molecule is CC(C)(C)OC(=O)NC1CCN(c2c(-c3cc(F)cc(F)c3)cnc3ccc(-c4cc(F)cc(F)c4N=C=O)cc23)CC1. The van der Waals surface area contributed by atoms with Crippen molar-refractivity contribution in [1.82, 2.24) is 10.3 Å². The number of pyridine rings is 1. The van der Waals surface area contributed by atoms with Crippen LogP contribution in [0.25, 0.3) is 33.2 Å². The van der Waals surface area contributed by atoms with E-state index in [9.17, 15) is 27.2 Å². The van der Waals surface area contributed by atoms with Gasteiger partial charge in [0.05, 0.1) is 11.2 Å². The lowest BCUT2D eigenvalue weighted by molar-refractivity contribution is 0.0497. The molecule has 0 atom stereocenters. The lowest BCUT2D eigenvalue weighted by atomic mass is 9.95. The van der Waals surface area contributed by atoms with Crippen LogP contribution in [0.3, 0.4) is 0 Å². The Kier molecular flexibility index (Phi) is 8.19. The summed E-state index contributed by atoms with van der Waals surface area (Å²) in [5.74, 6) is -3.41. The second kappa shape index (κ2) is 11.9. The van der Waals surface area contributed by atoms with Crippen molar-refractivity contribution in [3.63, 3.8) is 0 Å². The van der Waals surface area contributed by atoms with Crippen LogP contribution in [0.5, 0.6) is 0 Å². The standard InChI is InChI=1S/C32H28F4N4O3/c1-32(2,3)43-31(42)39-23-6-8-40(9-7-23)30-25-12-18(24-14-22(35)15-27(36)29(24)38-17-41)4-5-28(25)37-16-26(30)19-10-20(33)13-21(34)11-19/h4-5,10-16,23H,6-9H2,1-3H3,(H,39,42). The Balaban J connectivity index is 1.61. The third-order valence-corrected chi connectivity index (χ3v) is 7.04. The molecule has 0 spiro atoms. The molecule has 1 fully saturated rings. The molecule has 4 aromatic rings. The van der Waals surface area contributed by atoms with E-state index in [4.69, 9.17) is 4.74 Å². The van der Waals surface area contributed by atoms with Gasteiger partial charge >= 0.3 is 6.09 Å². The Hall–Kier alpha value is -4.76. The molecule has 1 aromatic heterocycles. The van der Waals surface area contributed by atoms with Crippen LogP contribution < -0.4 is 10.2 Å². The third kappa shape index (κ3) is 6.67. The zero-order valence-electron chi connectivity index (χ0n) is 23.7. The number of piperidine rings is 1. The van der Waals surface area contributed by atoms with Crippen LogP contribution in [-0.2, 0) is 9.53 Å². The molecule has 1 aliphatic rings. The van der Waals surface area contributed by atoms with E-state index in [1.165, 1.54) is 24.4 Å². The van der Waals surface area contributed by atoms with Crippen LogP contribution in [0.4, 0.5) is 33.7 Å².